The molecule has 0 fully saturated rings. The number of hydrogen-bond acceptors (Lipinski definition) is 4. The maximum absolute atomic E-state index is 13.8. The number of fused-ring (bicyclic) bond motifs is 1. The van der Waals surface area contributed by atoms with Gasteiger partial charge in [0.1, 0.15) is 18.2 Å². The van der Waals surface area contributed by atoms with E-state index in [0.29, 0.717) is 11.3 Å². The van der Waals surface area contributed by atoms with Crippen LogP contribution in [-0.4, -0.2) is 22.0 Å². The molecule has 5 nitrogen and oxygen atoms in total. The topological polar surface area (TPSA) is 52.8 Å². The molecule has 1 aromatic carbocycles. The van der Waals surface area contributed by atoms with Crippen molar-refractivity contribution in [2.24, 2.45) is 0 Å². The van der Waals surface area contributed by atoms with Gasteiger partial charge in [0.25, 0.3) is 0 Å². The van der Waals surface area contributed by atoms with E-state index in [1.54, 1.807) is 13.8 Å². The molecule has 0 bridgehead atoms. The minimum Gasteiger partial charge on any atom is -0.485 e. The van der Waals surface area contributed by atoms with E-state index in [0.717, 1.165) is 12.1 Å². The first-order valence-corrected chi connectivity index (χ1v) is 8.21. The van der Waals surface area contributed by atoms with Crippen LogP contribution in [0.4, 0.5) is 8.78 Å². The molecular formula is C18H15ClF2N2O3. The maximum Gasteiger partial charge on any atom is 0.357 e. The Morgan fingerprint density at radius 2 is 2.00 bits per heavy atom. The third kappa shape index (κ3) is 3.35. The van der Waals surface area contributed by atoms with Crippen molar-refractivity contribution in [2.75, 3.05) is 6.61 Å². The van der Waals surface area contributed by atoms with Crippen molar-refractivity contribution in [2.45, 2.75) is 20.5 Å². The molecule has 0 atom stereocenters. The lowest BCUT2D eigenvalue weighted by molar-refractivity contribution is 0.0517. The molecule has 0 amide bonds. The molecule has 0 N–H and O–H groups in total. The van der Waals surface area contributed by atoms with Crippen LogP contribution in [0.15, 0.2) is 30.5 Å². The van der Waals surface area contributed by atoms with Crippen molar-refractivity contribution in [1.82, 2.24) is 9.38 Å². The van der Waals surface area contributed by atoms with Crippen molar-refractivity contribution < 1.29 is 23.0 Å². The number of imidazole rings is 1. The molecule has 2 aromatic heterocycles. The van der Waals surface area contributed by atoms with E-state index in [-0.39, 0.29) is 35.2 Å². The predicted molar refractivity (Wildman–Crippen MR) is 91.6 cm³/mol. The van der Waals surface area contributed by atoms with Gasteiger partial charge in [0.15, 0.2) is 17.1 Å². The summed E-state index contributed by atoms with van der Waals surface area (Å²) in [5.74, 6) is -1.78. The molecule has 0 radical (unpaired) electrons. The fraction of sp³-hybridized carbons (Fsp3) is 0.222. The number of hydrogen-bond donors (Lipinski definition) is 0. The Morgan fingerprint density at radius 1 is 1.31 bits per heavy atom. The van der Waals surface area contributed by atoms with E-state index in [1.165, 1.54) is 22.7 Å². The number of carbonyl (C=O) groups is 1. The van der Waals surface area contributed by atoms with E-state index >= 15 is 0 Å². The molecule has 8 heteroatoms. The second kappa shape index (κ2) is 7.29. The molecule has 0 aliphatic heterocycles. The Hall–Kier alpha value is -2.67. The summed E-state index contributed by atoms with van der Waals surface area (Å²) in [5, 5.41) is 0.268. The number of halogens is 3. The quantitative estimate of drug-likeness (QED) is 0.618. The van der Waals surface area contributed by atoms with Gasteiger partial charge in [0, 0.05) is 12.3 Å². The van der Waals surface area contributed by atoms with Gasteiger partial charge in [-0.05, 0) is 26.0 Å². The van der Waals surface area contributed by atoms with Crippen molar-refractivity contribution >= 4 is 23.2 Å². The van der Waals surface area contributed by atoms with Gasteiger partial charge in [-0.3, -0.25) is 4.40 Å². The molecule has 0 saturated carbocycles. The normalized spacial score (nSPS) is 11.0. The first-order valence-electron chi connectivity index (χ1n) is 7.83. The molecule has 0 saturated heterocycles. The zero-order chi connectivity index (χ0) is 18.8. The van der Waals surface area contributed by atoms with E-state index in [2.05, 4.69) is 4.98 Å². The fourth-order valence-electron chi connectivity index (χ4n) is 2.57. The Bertz CT molecular complexity index is 968. The van der Waals surface area contributed by atoms with Crippen LogP contribution in [0.5, 0.6) is 5.75 Å². The summed E-state index contributed by atoms with van der Waals surface area (Å²) in [6.07, 6.45) is 1.50. The molecule has 26 heavy (non-hydrogen) atoms. The van der Waals surface area contributed by atoms with E-state index in [4.69, 9.17) is 21.1 Å². The van der Waals surface area contributed by atoms with Gasteiger partial charge in [-0.15, -0.1) is 0 Å². The van der Waals surface area contributed by atoms with Gasteiger partial charge in [-0.1, -0.05) is 17.7 Å². The van der Waals surface area contributed by atoms with Crippen LogP contribution >= 0.6 is 11.6 Å². The smallest absolute Gasteiger partial charge is 0.357 e. The van der Waals surface area contributed by atoms with E-state index in [9.17, 15) is 13.6 Å². The van der Waals surface area contributed by atoms with Crippen LogP contribution in [0.25, 0.3) is 5.65 Å². The third-order valence-corrected chi connectivity index (χ3v) is 3.94. The van der Waals surface area contributed by atoms with Gasteiger partial charge in [0.2, 0.25) is 0 Å². The highest BCUT2D eigenvalue weighted by Gasteiger charge is 2.21. The Kier molecular flexibility index (Phi) is 5.08. The summed E-state index contributed by atoms with van der Waals surface area (Å²) >= 11 is 6.10. The maximum atomic E-state index is 13.8. The molecule has 3 aromatic rings. The SMILES string of the molecule is CCOC(=O)c1c(C)nc2c(OCc3c(F)cccc3F)cc(Cl)cn12. The number of aryl methyl sites for hydroxylation is 1. The van der Waals surface area contributed by atoms with Gasteiger partial charge in [-0.2, -0.15) is 0 Å². The number of nitrogens with zero attached hydrogens (tertiary/aromatic N) is 2. The lowest BCUT2D eigenvalue weighted by atomic mass is 10.2. The molecule has 0 spiro atoms. The monoisotopic (exact) mass is 380 g/mol. The van der Waals surface area contributed by atoms with Crippen molar-refractivity contribution in [3.8, 4) is 5.75 Å². The van der Waals surface area contributed by atoms with Crippen LogP contribution in [0.3, 0.4) is 0 Å². The van der Waals surface area contributed by atoms with Crippen molar-refractivity contribution in [3.05, 3.63) is 64.1 Å². The second-order valence-electron chi connectivity index (χ2n) is 5.47. The van der Waals surface area contributed by atoms with Crippen LogP contribution in [0.2, 0.25) is 5.02 Å². The molecule has 0 aliphatic rings. The molecule has 136 valence electrons. The molecule has 0 unspecified atom stereocenters. The number of ether oxygens (including phenoxy) is 2. The number of carbonyl (C=O) groups excluding carboxylic acids is 1. The van der Waals surface area contributed by atoms with Crippen molar-refractivity contribution in [1.29, 1.82) is 0 Å². The van der Waals surface area contributed by atoms with E-state index < -0.39 is 17.6 Å². The lowest BCUT2D eigenvalue weighted by Gasteiger charge is -2.10. The average molecular weight is 381 g/mol. The third-order valence-electron chi connectivity index (χ3n) is 3.73. The second-order valence-corrected chi connectivity index (χ2v) is 5.91. The molecular weight excluding hydrogens is 366 g/mol. The molecule has 3 rings (SSSR count). The van der Waals surface area contributed by atoms with Gasteiger partial charge >= 0.3 is 5.97 Å². The van der Waals surface area contributed by atoms with Crippen LogP contribution < -0.4 is 4.74 Å². The van der Waals surface area contributed by atoms with Crippen LogP contribution in [-0.2, 0) is 11.3 Å². The van der Waals surface area contributed by atoms with Gasteiger partial charge in [0.05, 0.1) is 22.9 Å². The van der Waals surface area contributed by atoms with Gasteiger partial charge in [-0.25, -0.2) is 18.6 Å². The standard InChI is InChI=1S/C18H15ClF2N2O3/c1-3-25-18(24)16-10(2)22-17-15(7-11(19)8-23(16)17)26-9-12-13(20)5-4-6-14(12)21/h4-8H,3,9H2,1-2H3. The number of aromatic nitrogens is 2. The summed E-state index contributed by atoms with van der Waals surface area (Å²) in [5.41, 5.74) is 0.727. The highest BCUT2D eigenvalue weighted by atomic mass is 35.5. The lowest BCUT2D eigenvalue weighted by Crippen LogP contribution is -2.10. The Labute approximate surface area is 153 Å². The minimum absolute atomic E-state index is 0.193. The van der Waals surface area contributed by atoms with Crippen LogP contribution in [0, 0.1) is 18.6 Å². The average Bonchev–Trinajstić information content (AvgIpc) is 2.90. The number of pyridine rings is 1. The predicted octanol–water partition coefficient (Wildman–Crippen LogP) is 4.33. The van der Waals surface area contributed by atoms with E-state index in [1.807, 2.05) is 0 Å². The highest BCUT2D eigenvalue weighted by molar-refractivity contribution is 6.30. The summed E-state index contributed by atoms with van der Waals surface area (Å²) in [6, 6.07) is 5.04. The zero-order valence-electron chi connectivity index (χ0n) is 14.1. The summed E-state index contributed by atoms with van der Waals surface area (Å²) in [4.78, 5) is 16.5. The van der Waals surface area contributed by atoms with Crippen molar-refractivity contribution in [3.63, 3.8) is 0 Å². The first-order chi connectivity index (χ1) is 12.4. The summed E-state index contributed by atoms with van der Waals surface area (Å²) < 4.78 is 39.6. The minimum atomic E-state index is -0.713. The van der Waals surface area contributed by atoms with Gasteiger partial charge < -0.3 is 9.47 Å². The number of rotatable bonds is 5. The Morgan fingerprint density at radius 3 is 2.65 bits per heavy atom. The summed E-state index contributed by atoms with van der Waals surface area (Å²) in [7, 11) is 0. The first kappa shape index (κ1) is 18.1. The van der Waals surface area contributed by atoms with Crippen LogP contribution in [0.1, 0.15) is 28.7 Å². The summed E-state index contributed by atoms with van der Waals surface area (Å²) in [6.45, 7) is 3.20. The Balaban J connectivity index is 2.01. The molecule has 0 aliphatic carbocycles. The molecule has 2 heterocycles. The number of esters is 1. The fourth-order valence-corrected chi connectivity index (χ4v) is 2.76. The highest BCUT2D eigenvalue weighted by Crippen LogP contribution is 2.28. The number of benzene rings is 1. The largest absolute Gasteiger partial charge is 0.485 e. The zero-order valence-corrected chi connectivity index (χ0v) is 14.8.